The molecule has 102 valence electrons. The maximum absolute atomic E-state index is 13.4. The van der Waals surface area contributed by atoms with Crippen LogP contribution < -0.4 is 5.32 Å². The van der Waals surface area contributed by atoms with E-state index >= 15 is 0 Å². The molecule has 1 aromatic heterocycles. The average Bonchev–Trinajstić information content (AvgIpc) is 2.81. The molecule has 0 fully saturated rings. The number of nitrogens with zero attached hydrogens (tertiary/aromatic N) is 1. The zero-order valence-electron chi connectivity index (χ0n) is 10.9. The van der Waals surface area contributed by atoms with E-state index in [2.05, 4.69) is 40.1 Å². The van der Waals surface area contributed by atoms with E-state index in [-0.39, 0.29) is 5.82 Å². The van der Waals surface area contributed by atoms with Crippen molar-refractivity contribution in [2.45, 2.75) is 20.4 Å². The lowest BCUT2D eigenvalue weighted by Crippen LogP contribution is -2.18. The Labute approximate surface area is 120 Å². The molecule has 0 bridgehead atoms. The van der Waals surface area contributed by atoms with Crippen LogP contribution in [0.4, 0.5) is 4.39 Å². The van der Waals surface area contributed by atoms with E-state index in [9.17, 15) is 4.39 Å². The van der Waals surface area contributed by atoms with Crippen molar-refractivity contribution in [2.24, 2.45) is 5.92 Å². The maximum Gasteiger partial charge on any atom is 0.208 e. The molecule has 0 radical (unpaired) electrons. The molecule has 2 aromatic rings. The van der Waals surface area contributed by atoms with Gasteiger partial charge in [-0.05, 0) is 40.5 Å². The summed E-state index contributed by atoms with van der Waals surface area (Å²) in [7, 11) is 0. The quantitative estimate of drug-likeness (QED) is 0.902. The zero-order valence-corrected chi connectivity index (χ0v) is 12.5. The lowest BCUT2D eigenvalue weighted by atomic mass is 10.2. The van der Waals surface area contributed by atoms with Crippen molar-refractivity contribution in [3.63, 3.8) is 0 Å². The molecule has 0 atom stereocenters. The van der Waals surface area contributed by atoms with Gasteiger partial charge < -0.3 is 9.73 Å². The normalized spacial score (nSPS) is 11.2. The van der Waals surface area contributed by atoms with Crippen molar-refractivity contribution < 1.29 is 8.81 Å². The molecular formula is C14H16BrFN2O. The molecule has 0 aliphatic rings. The fourth-order valence-corrected chi connectivity index (χ4v) is 2.14. The summed E-state index contributed by atoms with van der Waals surface area (Å²) in [5.41, 5.74) is 0.669. The molecule has 1 N–H and O–H groups in total. The van der Waals surface area contributed by atoms with Gasteiger partial charge in [0.15, 0.2) is 5.76 Å². The lowest BCUT2D eigenvalue weighted by Gasteiger charge is -2.04. The Morgan fingerprint density at radius 2 is 2.21 bits per heavy atom. The number of aromatic nitrogens is 1. The molecule has 1 aromatic carbocycles. The highest BCUT2D eigenvalue weighted by molar-refractivity contribution is 9.10. The van der Waals surface area contributed by atoms with Crippen LogP contribution in [0.15, 0.2) is 33.3 Å². The second kappa shape index (κ2) is 6.30. The van der Waals surface area contributed by atoms with Crippen molar-refractivity contribution in [3.05, 3.63) is 40.6 Å². The van der Waals surface area contributed by atoms with Crippen LogP contribution in [0, 0.1) is 11.7 Å². The first-order valence-electron chi connectivity index (χ1n) is 6.17. The smallest absolute Gasteiger partial charge is 0.208 e. The molecule has 0 aliphatic carbocycles. The number of rotatable bonds is 5. The Morgan fingerprint density at radius 1 is 1.42 bits per heavy atom. The average molecular weight is 327 g/mol. The number of halogens is 2. The second-order valence-electron chi connectivity index (χ2n) is 4.74. The van der Waals surface area contributed by atoms with Gasteiger partial charge in [-0.15, -0.1) is 0 Å². The third-order valence-electron chi connectivity index (χ3n) is 2.60. The molecule has 0 unspecified atom stereocenters. The Kier molecular flexibility index (Phi) is 4.71. The van der Waals surface area contributed by atoms with Crippen LogP contribution in [-0.2, 0) is 6.54 Å². The predicted octanol–water partition coefficient (Wildman–Crippen LogP) is 3.99. The van der Waals surface area contributed by atoms with Gasteiger partial charge in [0, 0.05) is 5.56 Å². The topological polar surface area (TPSA) is 38.1 Å². The minimum Gasteiger partial charge on any atom is -0.439 e. The van der Waals surface area contributed by atoms with Crippen LogP contribution in [0.2, 0.25) is 0 Å². The minimum atomic E-state index is -0.312. The van der Waals surface area contributed by atoms with Gasteiger partial charge in [0.05, 0.1) is 17.2 Å². The first-order valence-corrected chi connectivity index (χ1v) is 6.97. The fraction of sp³-hybridized carbons (Fsp3) is 0.357. The van der Waals surface area contributed by atoms with Crippen molar-refractivity contribution >= 4 is 15.9 Å². The molecule has 2 rings (SSSR count). The van der Waals surface area contributed by atoms with Gasteiger partial charge in [-0.25, -0.2) is 9.37 Å². The van der Waals surface area contributed by atoms with Crippen LogP contribution in [0.5, 0.6) is 0 Å². The summed E-state index contributed by atoms with van der Waals surface area (Å²) in [6.07, 6.45) is 1.62. The van der Waals surface area contributed by atoms with Gasteiger partial charge in [-0.3, -0.25) is 0 Å². The van der Waals surface area contributed by atoms with Crippen molar-refractivity contribution in [2.75, 3.05) is 6.54 Å². The summed E-state index contributed by atoms with van der Waals surface area (Å²) < 4.78 is 19.5. The first-order chi connectivity index (χ1) is 9.08. The zero-order chi connectivity index (χ0) is 13.8. The van der Waals surface area contributed by atoms with Gasteiger partial charge >= 0.3 is 0 Å². The number of benzene rings is 1. The molecule has 1 heterocycles. The Bertz CT molecular complexity index is 554. The van der Waals surface area contributed by atoms with Crippen LogP contribution in [-0.4, -0.2) is 11.5 Å². The van der Waals surface area contributed by atoms with Gasteiger partial charge in [0.25, 0.3) is 0 Å². The molecule has 0 saturated carbocycles. The van der Waals surface area contributed by atoms with E-state index in [4.69, 9.17) is 4.42 Å². The van der Waals surface area contributed by atoms with Crippen LogP contribution in [0.3, 0.4) is 0 Å². The molecule has 5 heteroatoms. The highest BCUT2D eigenvalue weighted by atomic mass is 79.9. The monoisotopic (exact) mass is 326 g/mol. The van der Waals surface area contributed by atoms with Gasteiger partial charge in [0.2, 0.25) is 5.89 Å². The summed E-state index contributed by atoms with van der Waals surface area (Å²) in [5.74, 6) is 1.43. The van der Waals surface area contributed by atoms with E-state index < -0.39 is 0 Å². The number of oxazole rings is 1. The number of hydrogen-bond donors (Lipinski definition) is 1. The third-order valence-corrected chi connectivity index (χ3v) is 3.41. The van der Waals surface area contributed by atoms with Crippen LogP contribution in [0.25, 0.3) is 11.3 Å². The number of nitrogens with one attached hydrogen (secondary N) is 1. The van der Waals surface area contributed by atoms with Gasteiger partial charge in [-0.2, -0.15) is 0 Å². The molecule has 3 nitrogen and oxygen atoms in total. The van der Waals surface area contributed by atoms with Crippen molar-refractivity contribution in [1.82, 2.24) is 10.3 Å². The highest BCUT2D eigenvalue weighted by Crippen LogP contribution is 2.30. The predicted molar refractivity (Wildman–Crippen MR) is 76.1 cm³/mol. The van der Waals surface area contributed by atoms with E-state index in [1.807, 2.05) is 0 Å². The highest BCUT2D eigenvalue weighted by Gasteiger charge is 2.12. The van der Waals surface area contributed by atoms with E-state index in [0.717, 1.165) is 6.54 Å². The Morgan fingerprint density at radius 3 is 2.95 bits per heavy atom. The van der Waals surface area contributed by atoms with Gasteiger partial charge in [-0.1, -0.05) is 19.9 Å². The van der Waals surface area contributed by atoms with E-state index in [0.29, 0.717) is 34.1 Å². The van der Waals surface area contributed by atoms with Crippen LogP contribution in [0.1, 0.15) is 19.7 Å². The summed E-state index contributed by atoms with van der Waals surface area (Å²) in [5, 5.41) is 3.25. The first kappa shape index (κ1) is 14.2. The van der Waals surface area contributed by atoms with Crippen molar-refractivity contribution in [1.29, 1.82) is 0 Å². The molecule has 0 spiro atoms. The van der Waals surface area contributed by atoms with Crippen LogP contribution >= 0.6 is 15.9 Å². The fourth-order valence-electron chi connectivity index (χ4n) is 1.68. The van der Waals surface area contributed by atoms with E-state index in [1.165, 1.54) is 6.07 Å². The molecule has 19 heavy (non-hydrogen) atoms. The molecular weight excluding hydrogens is 311 g/mol. The molecule has 0 saturated heterocycles. The second-order valence-corrected chi connectivity index (χ2v) is 5.54. The molecule has 0 aliphatic heterocycles. The Hall–Kier alpha value is -1.20. The van der Waals surface area contributed by atoms with E-state index in [1.54, 1.807) is 18.3 Å². The van der Waals surface area contributed by atoms with Gasteiger partial charge in [0.1, 0.15) is 5.82 Å². The summed E-state index contributed by atoms with van der Waals surface area (Å²) >= 11 is 3.22. The minimum absolute atomic E-state index is 0.312. The maximum atomic E-state index is 13.4. The summed E-state index contributed by atoms with van der Waals surface area (Å²) in [4.78, 5) is 4.19. The summed E-state index contributed by atoms with van der Waals surface area (Å²) in [6, 6.07) is 4.84. The number of hydrogen-bond acceptors (Lipinski definition) is 3. The SMILES string of the molecule is CC(C)CNCc1ncc(-c2cccc(F)c2Br)o1. The lowest BCUT2D eigenvalue weighted by molar-refractivity contribution is 0.458. The summed E-state index contributed by atoms with van der Waals surface area (Å²) in [6.45, 7) is 5.75. The largest absolute Gasteiger partial charge is 0.439 e. The molecule has 0 amide bonds. The van der Waals surface area contributed by atoms with Crippen molar-refractivity contribution in [3.8, 4) is 11.3 Å². The third kappa shape index (κ3) is 3.64. The Balaban J connectivity index is 2.10. The standard InChI is InChI=1S/C14H16BrFN2O/c1-9(2)6-17-8-13-18-7-12(19-13)10-4-3-5-11(16)14(10)15/h3-5,7,9,17H,6,8H2,1-2H3.